The Hall–Kier alpha value is -3.54. The standard InChI is InChI=1S/C28H30F3N5O3/c1-14-5-15(7-17(32)6-14)18-3-4-34-11-23(18)35-27(37)26-22(33)10-21(31)25(36-26)24-19(29)8-16(9-20(24)30)28(38-2)12-39-13-28/h3-4,8-11,14-15,17H,5-7,12-13,32-33H2,1-2H3,(H,35,37)/t14-,15+,17-/m0/s1. The molecule has 206 valence electrons. The molecule has 3 atom stereocenters. The van der Waals surface area contributed by atoms with Crippen LogP contribution in [0.25, 0.3) is 11.3 Å². The molecule has 3 heterocycles. The normalized spacial score (nSPS) is 22.3. The number of hydrogen-bond donors (Lipinski definition) is 3. The van der Waals surface area contributed by atoms with Crippen LogP contribution in [0.2, 0.25) is 0 Å². The molecule has 0 unspecified atom stereocenters. The zero-order valence-electron chi connectivity index (χ0n) is 21.6. The predicted octanol–water partition coefficient (Wildman–Crippen LogP) is 4.50. The van der Waals surface area contributed by atoms with E-state index in [-0.39, 0.29) is 42.1 Å². The first-order valence-corrected chi connectivity index (χ1v) is 12.7. The van der Waals surface area contributed by atoms with Crippen LogP contribution in [0.15, 0.2) is 36.7 Å². The van der Waals surface area contributed by atoms with Gasteiger partial charge in [0.25, 0.3) is 5.91 Å². The Balaban J connectivity index is 1.47. The van der Waals surface area contributed by atoms with E-state index in [9.17, 15) is 9.18 Å². The Bertz CT molecular complexity index is 1380. The second kappa shape index (κ2) is 10.6. The van der Waals surface area contributed by atoms with Crippen molar-refractivity contribution in [2.75, 3.05) is 31.4 Å². The highest BCUT2D eigenvalue weighted by Crippen LogP contribution is 2.39. The van der Waals surface area contributed by atoms with Crippen LogP contribution in [0, 0.1) is 23.4 Å². The monoisotopic (exact) mass is 541 g/mol. The molecule has 1 aliphatic heterocycles. The largest absolute Gasteiger partial charge is 0.397 e. The number of pyridine rings is 2. The van der Waals surface area contributed by atoms with E-state index >= 15 is 8.78 Å². The third kappa shape index (κ3) is 5.09. The number of rotatable bonds is 6. The van der Waals surface area contributed by atoms with Crippen LogP contribution < -0.4 is 16.8 Å². The van der Waals surface area contributed by atoms with Gasteiger partial charge in [0.15, 0.2) is 11.5 Å². The molecule has 3 aromatic rings. The van der Waals surface area contributed by atoms with E-state index in [1.54, 1.807) is 6.20 Å². The first-order valence-electron chi connectivity index (χ1n) is 12.7. The van der Waals surface area contributed by atoms with Crippen LogP contribution >= 0.6 is 0 Å². The van der Waals surface area contributed by atoms with Crippen molar-refractivity contribution in [2.24, 2.45) is 11.7 Å². The fourth-order valence-electron chi connectivity index (χ4n) is 5.57. The number of amides is 1. The molecule has 2 aromatic heterocycles. The van der Waals surface area contributed by atoms with Crippen molar-refractivity contribution in [3.05, 3.63) is 70.9 Å². The van der Waals surface area contributed by atoms with Crippen molar-refractivity contribution in [1.29, 1.82) is 0 Å². The lowest BCUT2D eigenvalue weighted by Gasteiger charge is -2.40. The molecule has 0 bridgehead atoms. The summed E-state index contributed by atoms with van der Waals surface area (Å²) in [6.45, 7) is 2.39. The molecule has 1 aliphatic carbocycles. The van der Waals surface area contributed by atoms with Crippen molar-refractivity contribution in [2.45, 2.75) is 43.7 Å². The van der Waals surface area contributed by atoms with Gasteiger partial charge in [-0.1, -0.05) is 6.92 Å². The minimum absolute atomic E-state index is 0.0409. The van der Waals surface area contributed by atoms with Gasteiger partial charge in [-0.2, -0.15) is 0 Å². The number of carbonyl (C=O) groups is 1. The Morgan fingerprint density at radius 3 is 2.46 bits per heavy atom. The first-order chi connectivity index (χ1) is 18.6. The van der Waals surface area contributed by atoms with Gasteiger partial charge in [-0.3, -0.25) is 9.78 Å². The van der Waals surface area contributed by atoms with E-state index in [4.69, 9.17) is 20.9 Å². The lowest BCUT2D eigenvalue weighted by Crippen LogP contribution is -2.48. The van der Waals surface area contributed by atoms with Crippen LogP contribution in [0.4, 0.5) is 24.5 Å². The molecule has 5 N–H and O–H groups in total. The van der Waals surface area contributed by atoms with Crippen molar-refractivity contribution in [3.8, 4) is 11.3 Å². The number of nitrogens with one attached hydrogen (secondary N) is 1. The zero-order chi connectivity index (χ0) is 27.9. The maximum atomic E-state index is 15.2. The molecule has 1 saturated carbocycles. The van der Waals surface area contributed by atoms with Gasteiger partial charge in [0.05, 0.1) is 36.3 Å². The Morgan fingerprint density at radius 2 is 1.85 bits per heavy atom. The number of halogens is 3. The number of nitrogens with zero attached hydrogens (tertiary/aromatic N) is 2. The van der Waals surface area contributed by atoms with E-state index in [2.05, 4.69) is 22.2 Å². The summed E-state index contributed by atoms with van der Waals surface area (Å²) in [6.07, 6.45) is 5.72. The number of aromatic nitrogens is 2. The minimum atomic E-state index is -1.07. The quantitative estimate of drug-likeness (QED) is 0.420. The topological polar surface area (TPSA) is 125 Å². The van der Waals surface area contributed by atoms with Crippen LogP contribution in [-0.4, -0.2) is 42.2 Å². The number of hydrogen-bond acceptors (Lipinski definition) is 7. The van der Waals surface area contributed by atoms with E-state index < -0.39 is 40.2 Å². The summed E-state index contributed by atoms with van der Waals surface area (Å²) >= 11 is 0. The van der Waals surface area contributed by atoms with Gasteiger partial charge in [0.2, 0.25) is 0 Å². The molecule has 2 fully saturated rings. The van der Waals surface area contributed by atoms with Crippen LogP contribution in [0.3, 0.4) is 0 Å². The van der Waals surface area contributed by atoms with Crippen LogP contribution in [0.1, 0.15) is 53.7 Å². The maximum Gasteiger partial charge on any atom is 0.276 e. The number of nitrogen functional groups attached to an aromatic ring is 1. The summed E-state index contributed by atoms with van der Waals surface area (Å²) in [7, 11) is 1.41. The summed E-state index contributed by atoms with van der Waals surface area (Å²) in [5.41, 5.74) is 10.6. The minimum Gasteiger partial charge on any atom is -0.397 e. The molecule has 11 heteroatoms. The maximum absolute atomic E-state index is 15.2. The number of nitrogens with two attached hydrogens (primary N) is 2. The van der Waals surface area contributed by atoms with Gasteiger partial charge in [0, 0.05) is 25.4 Å². The van der Waals surface area contributed by atoms with E-state index in [0.717, 1.165) is 43.0 Å². The molecule has 0 radical (unpaired) electrons. The molecule has 8 nitrogen and oxygen atoms in total. The number of ether oxygens (including phenoxy) is 2. The average molecular weight is 542 g/mol. The molecule has 0 spiro atoms. The van der Waals surface area contributed by atoms with Crippen molar-refractivity contribution >= 4 is 17.3 Å². The van der Waals surface area contributed by atoms with Gasteiger partial charge < -0.3 is 26.3 Å². The molecule has 2 aliphatic rings. The lowest BCUT2D eigenvalue weighted by atomic mass is 9.76. The summed E-state index contributed by atoms with van der Waals surface area (Å²) in [5.74, 6) is -3.44. The number of methoxy groups -OCH3 is 1. The summed E-state index contributed by atoms with van der Waals surface area (Å²) in [6, 6.07) is 4.80. The van der Waals surface area contributed by atoms with E-state index in [1.807, 2.05) is 6.07 Å². The van der Waals surface area contributed by atoms with Crippen molar-refractivity contribution in [1.82, 2.24) is 9.97 Å². The highest BCUT2D eigenvalue weighted by atomic mass is 19.1. The third-order valence-electron chi connectivity index (χ3n) is 7.61. The van der Waals surface area contributed by atoms with Crippen molar-refractivity contribution in [3.63, 3.8) is 0 Å². The fourth-order valence-corrected chi connectivity index (χ4v) is 5.57. The Morgan fingerprint density at radius 1 is 1.13 bits per heavy atom. The Kier molecular flexibility index (Phi) is 7.32. The number of benzene rings is 1. The predicted molar refractivity (Wildman–Crippen MR) is 139 cm³/mol. The van der Waals surface area contributed by atoms with Gasteiger partial charge in [-0.15, -0.1) is 0 Å². The molecule has 39 heavy (non-hydrogen) atoms. The summed E-state index contributed by atoms with van der Waals surface area (Å²) in [4.78, 5) is 21.4. The summed E-state index contributed by atoms with van der Waals surface area (Å²) in [5, 5.41) is 2.75. The fraction of sp³-hybridized carbons (Fsp3) is 0.393. The average Bonchev–Trinajstić information content (AvgIpc) is 2.84. The highest BCUT2D eigenvalue weighted by molar-refractivity contribution is 6.07. The molecule has 1 saturated heterocycles. The second-order valence-corrected chi connectivity index (χ2v) is 10.4. The van der Waals surface area contributed by atoms with E-state index in [0.29, 0.717) is 11.6 Å². The number of carbonyl (C=O) groups excluding carboxylic acids is 1. The SMILES string of the molecule is COC1(c2cc(F)c(-c3nc(C(=O)Nc4cnccc4[C@@H]4C[C@H](C)C[C@H](N)C4)c(N)cc3F)c(F)c2)COC1. The third-order valence-corrected chi connectivity index (χ3v) is 7.61. The smallest absolute Gasteiger partial charge is 0.276 e. The molecular formula is C28H30F3N5O3. The second-order valence-electron chi connectivity index (χ2n) is 10.4. The van der Waals surface area contributed by atoms with Gasteiger partial charge >= 0.3 is 0 Å². The number of anilines is 2. The van der Waals surface area contributed by atoms with Gasteiger partial charge in [0.1, 0.15) is 22.9 Å². The van der Waals surface area contributed by atoms with E-state index in [1.165, 1.54) is 13.3 Å². The van der Waals surface area contributed by atoms with Gasteiger partial charge in [-0.25, -0.2) is 18.2 Å². The highest BCUT2D eigenvalue weighted by Gasteiger charge is 2.42. The van der Waals surface area contributed by atoms with Gasteiger partial charge in [-0.05, 0) is 60.4 Å². The van der Waals surface area contributed by atoms with Crippen LogP contribution in [0.5, 0.6) is 0 Å². The Labute approximate surface area is 223 Å². The molecular weight excluding hydrogens is 511 g/mol. The van der Waals surface area contributed by atoms with Crippen LogP contribution in [-0.2, 0) is 15.1 Å². The van der Waals surface area contributed by atoms with Crippen molar-refractivity contribution < 1.29 is 27.4 Å². The first kappa shape index (κ1) is 27.0. The zero-order valence-corrected chi connectivity index (χ0v) is 21.6. The lowest BCUT2D eigenvalue weighted by molar-refractivity contribution is -0.202. The molecule has 1 aromatic carbocycles. The summed E-state index contributed by atoms with van der Waals surface area (Å²) < 4.78 is 55.9. The molecule has 1 amide bonds. The molecule has 5 rings (SSSR count).